The molecule has 6 nitrogen and oxygen atoms in total. The molecule has 1 aromatic carbocycles. The summed E-state index contributed by atoms with van der Waals surface area (Å²) in [6.45, 7) is 2.28. The highest BCUT2D eigenvalue weighted by molar-refractivity contribution is 7.89. The summed E-state index contributed by atoms with van der Waals surface area (Å²) >= 11 is 1.45. The molecule has 0 saturated carbocycles. The van der Waals surface area contributed by atoms with Crippen LogP contribution < -0.4 is 0 Å². The van der Waals surface area contributed by atoms with Crippen LogP contribution in [0.25, 0.3) is 10.2 Å². The van der Waals surface area contributed by atoms with Crippen molar-refractivity contribution in [3.05, 3.63) is 23.2 Å². The number of fused-ring (bicyclic) bond motifs is 1. The number of aryl methyl sites for hydroxylation is 1. The Balaban J connectivity index is 1.94. The zero-order valence-electron chi connectivity index (χ0n) is 12.0. The predicted molar refractivity (Wildman–Crippen MR) is 83.5 cm³/mol. The lowest BCUT2D eigenvalue weighted by Crippen LogP contribution is -2.42. The predicted octanol–water partition coefficient (Wildman–Crippen LogP) is 2.09. The summed E-state index contributed by atoms with van der Waals surface area (Å²) in [7, 11) is -3.66. The number of hydrogen-bond donors (Lipinski definition) is 1. The van der Waals surface area contributed by atoms with E-state index >= 15 is 0 Å². The van der Waals surface area contributed by atoms with E-state index in [-0.39, 0.29) is 11.4 Å². The van der Waals surface area contributed by atoms with Gasteiger partial charge in [0, 0.05) is 13.1 Å². The molecule has 1 unspecified atom stereocenters. The number of nitrogens with zero attached hydrogens (tertiary/aromatic N) is 2. The Morgan fingerprint density at radius 3 is 2.95 bits per heavy atom. The van der Waals surface area contributed by atoms with E-state index in [1.54, 1.807) is 18.2 Å². The van der Waals surface area contributed by atoms with Crippen molar-refractivity contribution in [2.24, 2.45) is 5.92 Å². The Labute approximate surface area is 132 Å². The third-order valence-corrected chi connectivity index (χ3v) is 6.63. The third-order valence-electron chi connectivity index (χ3n) is 3.84. The second-order valence-electron chi connectivity index (χ2n) is 5.40. The minimum atomic E-state index is -3.66. The summed E-state index contributed by atoms with van der Waals surface area (Å²) in [5.74, 6) is -1.56. The van der Waals surface area contributed by atoms with Crippen LogP contribution in [0, 0.1) is 12.8 Å². The first kappa shape index (κ1) is 15.4. The monoisotopic (exact) mass is 340 g/mol. The minimum Gasteiger partial charge on any atom is -0.481 e. The molecule has 1 atom stereocenters. The molecule has 1 aliphatic heterocycles. The number of benzene rings is 1. The highest BCUT2D eigenvalue weighted by Gasteiger charge is 2.33. The minimum absolute atomic E-state index is 0.0391. The van der Waals surface area contributed by atoms with Gasteiger partial charge in [0.15, 0.2) is 0 Å². The van der Waals surface area contributed by atoms with Crippen molar-refractivity contribution in [3.63, 3.8) is 0 Å². The van der Waals surface area contributed by atoms with Gasteiger partial charge in [0.2, 0.25) is 10.0 Å². The molecule has 0 amide bonds. The second-order valence-corrected chi connectivity index (χ2v) is 8.58. The molecule has 3 rings (SSSR count). The smallest absolute Gasteiger partial charge is 0.307 e. The molecule has 2 aromatic rings. The van der Waals surface area contributed by atoms with E-state index < -0.39 is 21.9 Å². The molecule has 0 aliphatic carbocycles. The van der Waals surface area contributed by atoms with Gasteiger partial charge in [0.25, 0.3) is 0 Å². The lowest BCUT2D eigenvalue weighted by molar-refractivity contribution is -0.142. The molecular weight excluding hydrogens is 324 g/mol. The van der Waals surface area contributed by atoms with E-state index in [9.17, 15) is 13.2 Å². The lowest BCUT2D eigenvalue weighted by Gasteiger charge is -2.29. The normalized spacial score (nSPS) is 20.3. The standard InChI is InChI=1S/C14H16N2O4S2/c1-9-15-12-5-4-11(7-13(12)21-9)22(19,20)16-6-2-3-10(8-16)14(17)18/h4-5,7,10H,2-3,6,8H2,1H3,(H,17,18). The van der Waals surface area contributed by atoms with Gasteiger partial charge in [-0.05, 0) is 38.0 Å². The molecule has 0 spiro atoms. The Bertz CT molecular complexity index is 828. The van der Waals surface area contributed by atoms with E-state index in [4.69, 9.17) is 5.11 Å². The van der Waals surface area contributed by atoms with Crippen molar-refractivity contribution in [3.8, 4) is 0 Å². The molecule has 22 heavy (non-hydrogen) atoms. The van der Waals surface area contributed by atoms with E-state index in [1.807, 2.05) is 6.92 Å². The highest BCUT2D eigenvalue weighted by atomic mass is 32.2. The zero-order chi connectivity index (χ0) is 15.9. The first-order valence-electron chi connectivity index (χ1n) is 6.98. The van der Waals surface area contributed by atoms with Crippen molar-refractivity contribution in [1.29, 1.82) is 0 Å². The Morgan fingerprint density at radius 2 is 2.23 bits per heavy atom. The van der Waals surface area contributed by atoms with Crippen molar-refractivity contribution in [1.82, 2.24) is 9.29 Å². The maximum absolute atomic E-state index is 12.7. The maximum atomic E-state index is 12.7. The number of sulfonamides is 1. The van der Waals surface area contributed by atoms with Gasteiger partial charge in [-0.3, -0.25) is 4.79 Å². The van der Waals surface area contributed by atoms with E-state index in [0.29, 0.717) is 19.4 Å². The Kier molecular flexibility index (Phi) is 3.92. The van der Waals surface area contributed by atoms with Gasteiger partial charge in [0.05, 0.1) is 26.0 Å². The molecule has 1 aliphatic rings. The second kappa shape index (κ2) is 5.60. The summed E-state index contributed by atoms with van der Waals surface area (Å²) in [4.78, 5) is 15.6. The molecule has 1 N–H and O–H groups in total. The molecule has 1 fully saturated rings. The van der Waals surface area contributed by atoms with Crippen LogP contribution in [0.2, 0.25) is 0 Å². The SMILES string of the molecule is Cc1nc2ccc(S(=O)(=O)N3CCCC(C(=O)O)C3)cc2s1. The fourth-order valence-corrected chi connectivity index (χ4v) is 5.18. The number of carboxylic acids is 1. The Hall–Kier alpha value is -1.51. The number of aliphatic carboxylic acids is 1. The van der Waals surface area contributed by atoms with Crippen LogP contribution in [0.3, 0.4) is 0 Å². The maximum Gasteiger partial charge on any atom is 0.307 e. The number of hydrogen-bond acceptors (Lipinski definition) is 5. The summed E-state index contributed by atoms with van der Waals surface area (Å²) in [5, 5.41) is 9.99. The number of carboxylic acid groups (broad SMARTS) is 1. The first-order valence-corrected chi connectivity index (χ1v) is 9.24. The molecule has 1 saturated heterocycles. The fourth-order valence-electron chi connectivity index (χ4n) is 2.69. The molecule has 2 heterocycles. The van der Waals surface area contributed by atoms with Gasteiger partial charge >= 0.3 is 5.97 Å². The van der Waals surface area contributed by atoms with Crippen molar-refractivity contribution in [2.75, 3.05) is 13.1 Å². The fraction of sp³-hybridized carbons (Fsp3) is 0.429. The van der Waals surface area contributed by atoms with Crippen LogP contribution in [0.15, 0.2) is 23.1 Å². The lowest BCUT2D eigenvalue weighted by atomic mass is 10.0. The van der Waals surface area contributed by atoms with Crippen molar-refractivity contribution >= 4 is 37.5 Å². The number of aromatic nitrogens is 1. The molecule has 0 bridgehead atoms. The summed E-state index contributed by atoms with van der Waals surface area (Å²) in [5.41, 5.74) is 0.781. The quantitative estimate of drug-likeness (QED) is 0.924. The van der Waals surface area contributed by atoms with Crippen LogP contribution in [0.1, 0.15) is 17.8 Å². The summed E-state index contributed by atoms with van der Waals surface area (Å²) < 4.78 is 27.6. The average molecular weight is 340 g/mol. The van der Waals surface area contributed by atoms with Crippen LogP contribution >= 0.6 is 11.3 Å². The van der Waals surface area contributed by atoms with Crippen LogP contribution in [0.5, 0.6) is 0 Å². The zero-order valence-corrected chi connectivity index (χ0v) is 13.7. The first-order chi connectivity index (χ1) is 10.4. The molecule has 1 aromatic heterocycles. The van der Waals surface area contributed by atoms with E-state index in [2.05, 4.69) is 4.98 Å². The summed E-state index contributed by atoms with van der Waals surface area (Å²) in [6, 6.07) is 4.87. The van der Waals surface area contributed by atoms with Gasteiger partial charge in [-0.15, -0.1) is 11.3 Å². The Morgan fingerprint density at radius 1 is 1.45 bits per heavy atom. The van der Waals surface area contributed by atoms with Crippen LogP contribution in [-0.4, -0.2) is 41.9 Å². The molecule has 0 radical (unpaired) electrons. The number of rotatable bonds is 3. The van der Waals surface area contributed by atoms with E-state index in [0.717, 1.165) is 15.2 Å². The topological polar surface area (TPSA) is 87.6 Å². The molecular formula is C14H16N2O4S2. The number of piperidine rings is 1. The van der Waals surface area contributed by atoms with Crippen LogP contribution in [-0.2, 0) is 14.8 Å². The highest BCUT2D eigenvalue weighted by Crippen LogP contribution is 2.28. The van der Waals surface area contributed by atoms with Gasteiger partial charge in [-0.2, -0.15) is 4.31 Å². The van der Waals surface area contributed by atoms with Gasteiger partial charge < -0.3 is 5.11 Å². The molecule has 118 valence electrons. The van der Waals surface area contributed by atoms with E-state index in [1.165, 1.54) is 15.6 Å². The van der Waals surface area contributed by atoms with Crippen molar-refractivity contribution < 1.29 is 18.3 Å². The number of carbonyl (C=O) groups is 1. The van der Waals surface area contributed by atoms with Crippen LogP contribution in [0.4, 0.5) is 0 Å². The van der Waals surface area contributed by atoms with Crippen molar-refractivity contribution in [2.45, 2.75) is 24.7 Å². The largest absolute Gasteiger partial charge is 0.481 e. The van der Waals surface area contributed by atoms with Gasteiger partial charge in [-0.25, -0.2) is 13.4 Å². The average Bonchev–Trinajstić information content (AvgIpc) is 2.86. The van der Waals surface area contributed by atoms with Gasteiger partial charge in [0.1, 0.15) is 0 Å². The third kappa shape index (κ3) is 2.73. The number of thiazole rings is 1. The molecule has 8 heteroatoms. The van der Waals surface area contributed by atoms with Gasteiger partial charge in [-0.1, -0.05) is 0 Å². The summed E-state index contributed by atoms with van der Waals surface area (Å²) in [6.07, 6.45) is 1.09.